The van der Waals surface area contributed by atoms with Crippen LogP contribution in [-0.2, 0) is 24.6 Å². The van der Waals surface area contributed by atoms with Crippen LogP contribution in [0.1, 0.15) is 6.42 Å². The molecule has 1 aromatic rings. The minimum absolute atomic E-state index is 0.0265. The van der Waals surface area contributed by atoms with Crippen molar-refractivity contribution in [3.63, 3.8) is 0 Å². The van der Waals surface area contributed by atoms with Crippen LogP contribution in [0.5, 0.6) is 0 Å². The second-order valence-electron chi connectivity index (χ2n) is 4.15. The monoisotopic (exact) mass is 337 g/mol. The maximum atomic E-state index is 13.6. The lowest BCUT2D eigenvalue weighted by Gasteiger charge is -2.09. The SMILES string of the molecule is C=COCCCNS(=O)(=O)c1cc(S(C)(=O)=O)ccc1F. The Morgan fingerprint density at radius 2 is 2.00 bits per heavy atom. The average Bonchev–Trinajstić information content (AvgIpc) is 2.37. The van der Waals surface area contributed by atoms with Gasteiger partial charge in [-0.05, 0) is 24.6 Å². The lowest BCUT2D eigenvalue weighted by Crippen LogP contribution is -2.26. The lowest BCUT2D eigenvalue weighted by molar-refractivity contribution is 0.247. The Labute approximate surface area is 123 Å². The van der Waals surface area contributed by atoms with Crippen LogP contribution in [0.15, 0.2) is 40.8 Å². The van der Waals surface area contributed by atoms with E-state index in [1.807, 2.05) is 0 Å². The Hall–Kier alpha value is -1.45. The fourth-order valence-electron chi connectivity index (χ4n) is 1.44. The summed E-state index contributed by atoms with van der Waals surface area (Å²) in [6.45, 7) is 3.62. The van der Waals surface area contributed by atoms with Crippen molar-refractivity contribution >= 4 is 19.9 Å². The Morgan fingerprint density at radius 3 is 2.57 bits per heavy atom. The predicted molar refractivity (Wildman–Crippen MR) is 75.5 cm³/mol. The molecule has 6 nitrogen and oxygen atoms in total. The normalized spacial score (nSPS) is 12.1. The van der Waals surface area contributed by atoms with Gasteiger partial charge in [0, 0.05) is 12.8 Å². The highest BCUT2D eigenvalue weighted by Crippen LogP contribution is 2.19. The van der Waals surface area contributed by atoms with Crippen LogP contribution >= 0.6 is 0 Å². The summed E-state index contributed by atoms with van der Waals surface area (Å²) in [5, 5.41) is 0. The number of halogens is 1. The summed E-state index contributed by atoms with van der Waals surface area (Å²) < 4.78 is 67.3. The van der Waals surface area contributed by atoms with Crippen LogP contribution in [-0.4, -0.2) is 36.2 Å². The molecule has 0 atom stereocenters. The van der Waals surface area contributed by atoms with E-state index in [1.54, 1.807) is 0 Å². The minimum atomic E-state index is -4.13. The molecule has 1 N–H and O–H groups in total. The standard InChI is InChI=1S/C12H16FNO5S2/c1-3-19-8-4-7-14-21(17,18)12-9-10(20(2,15)16)5-6-11(12)13/h3,5-6,9,14H,1,4,7-8H2,2H3. The zero-order valence-electron chi connectivity index (χ0n) is 11.4. The predicted octanol–water partition coefficient (Wildman–Crippen LogP) is 1.06. The molecule has 1 aromatic carbocycles. The fraction of sp³-hybridized carbons (Fsp3) is 0.333. The molecule has 0 saturated heterocycles. The van der Waals surface area contributed by atoms with Gasteiger partial charge in [0.15, 0.2) is 9.84 Å². The van der Waals surface area contributed by atoms with Crippen molar-refractivity contribution in [2.75, 3.05) is 19.4 Å². The van der Waals surface area contributed by atoms with Gasteiger partial charge in [0.2, 0.25) is 10.0 Å². The van der Waals surface area contributed by atoms with E-state index in [0.717, 1.165) is 24.5 Å². The summed E-state index contributed by atoms with van der Waals surface area (Å²) in [7, 11) is -7.76. The number of benzene rings is 1. The maximum absolute atomic E-state index is 13.6. The largest absolute Gasteiger partial charge is 0.502 e. The first-order valence-electron chi connectivity index (χ1n) is 5.90. The Balaban J connectivity index is 2.95. The molecule has 0 heterocycles. The topological polar surface area (TPSA) is 89.5 Å². The highest BCUT2D eigenvalue weighted by molar-refractivity contribution is 7.91. The van der Waals surface area contributed by atoms with Crippen molar-refractivity contribution < 1.29 is 26.0 Å². The van der Waals surface area contributed by atoms with Crippen molar-refractivity contribution in [2.24, 2.45) is 0 Å². The molecule has 0 aliphatic carbocycles. The smallest absolute Gasteiger partial charge is 0.243 e. The molecule has 0 saturated carbocycles. The molecule has 21 heavy (non-hydrogen) atoms. The molecule has 0 amide bonds. The molecule has 0 aliphatic rings. The molecule has 0 unspecified atom stereocenters. The van der Waals surface area contributed by atoms with E-state index >= 15 is 0 Å². The van der Waals surface area contributed by atoms with Gasteiger partial charge in [0.1, 0.15) is 10.7 Å². The molecular formula is C12H16FNO5S2. The van der Waals surface area contributed by atoms with E-state index in [4.69, 9.17) is 4.74 Å². The van der Waals surface area contributed by atoms with Crippen LogP contribution in [0.25, 0.3) is 0 Å². The van der Waals surface area contributed by atoms with E-state index in [-0.39, 0.29) is 18.0 Å². The van der Waals surface area contributed by atoms with Gasteiger partial charge in [0.25, 0.3) is 0 Å². The number of nitrogens with one attached hydrogen (secondary N) is 1. The van der Waals surface area contributed by atoms with Gasteiger partial charge >= 0.3 is 0 Å². The zero-order chi connectivity index (χ0) is 16.1. The molecule has 0 spiro atoms. The molecule has 0 aromatic heterocycles. The number of sulfone groups is 1. The van der Waals surface area contributed by atoms with Gasteiger partial charge in [-0.1, -0.05) is 6.58 Å². The first kappa shape index (κ1) is 17.6. The maximum Gasteiger partial charge on any atom is 0.243 e. The highest BCUT2D eigenvalue weighted by atomic mass is 32.2. The van der Waals surface area contributed by atoms with E-state index in [2.05, 4.69) is 11.3 Å². The van der Waals surface area contributed by atoms with E-state index in [1.165, 1.54) is 6.26 Å². The molecule has 118 valence electrons. The Morgan fingerprint density at radius 1 is 1.33 bits per heavy atom. The molecule has 1 rings (SSSR count). The molecule has 0 aliphatic heterocycles. The molecule has 0 fully saturated rings. The number of ether oxygens (including phenoxy) is 1. The van der Waals surface area contributed by atoms with Crippen LogP contribution < -0.4 is 4.72 Å². The summed E-state index contributed by atoms with van der Waals surface area (Å²) in [6, 6.07) is 2.63. The third-order valence-electron chi connectivity index (χ3n) is 2.47. The second-order valence-corrected chi connectivity index (χ2v) is 7.90. The summed E-state index contributed by atoms with van der Waals surface area (Å²) in [6.07, 6.45) is 2.50. The van der Waals surface area contributed by atoms with E-state index < -0.39 is 30.6 Å². The van der Waals surface area contributed by atoms with Crippen LogP contribution in [0.2, 0.25) is 0 Å². The van der Waals surface area contributed by atoms with E-state index in [9.17, 15) is 21.2 Å². The third kappa shape index (κ3) is 5.10. The number of hydrogen-bond acceptors (Lipinski definition) is 5. The van der Waals surface area contributed by atoms with Crippen LogP contribution in [0, 0.1) is 5.82 Å². The lowest BCUT2D eigenvalue weighted by atomic mass is 10.3. The van der Waals surface area contributed by atoms with Crippen LogP contribution in [0.4, 0.5) is 4.39 Å². The van der Waals surface area contributed by atoms with Gasteiger partial charge in [0.05, 0.1) is 17.8 Å². The number of rotatable bonds is 8. The Bertz CT molecular complexity index is 713. The van der Waals surface area contributed by atoms with E-state index in [0.29, 0.717) is 6.42 Å². The fourth-order valence-corrected chi connectivity index (χ4v) is 3.34. The summed E-state index contributed by atoms with van der Waals surface area (Å²) >= 11 is 0. The first-order valence-corrected chi connectivity index (χ1v) is 9.28. The van der Waals surface area contributed by atoms with Gasteiger partial charge in [-0.3, -0.25) is 0 Å². The van der Waals surface area contributed by atoms with Crippen molar-refractivity contribution in [2.45, 2.75) is 16.2 Å². The molecular weight excluding hydrogens is 321 g/mol. The second kappa shape index (κ2) is 7.01. The Kier molecular flexibility index (Phi) is 5.87. The minimum Gasteiger partial charge on any atom is -0.502 e. The van der Waals surface area contributed by atoms with Gasteiger partial charge in [-0.25, -0.2) is 25.9 Å². The van der Waals surface area contributed by atoms with Gasteiger partial charge < -0.3 is 4.74 Å². The highest BCUT2D eigenvalue weighted by Gasteiger charge is 2.21. The zero-order valence-corrected chi connectivity index (χ0v) is 13.0. The van der Waals surface area contributed by atoms with Crippen molar-refractivity contribution in [1.82, 2.24) is 4.72 Å². The van der Waals surface area contributed by atoms with Gasteiger partial charge in [-0.2, -0.15) is 0 Å². The van der Waals surface area contributed by atoms with Crippen molar-refractivity contribution in [1.29, 1.82) is 0 Å². The number of sulfonamides is 1. The summed E-state index contributed by atoms with van der Waals surface area (Å²) in [4.78, 5) is -0.964. The summed E-state index contributed by atoms with van der Waals surface area (Å²) in [5.41, 5.74) is 0. The quantitative estimate of drug-likeness (QED) is 0.435. The van der Waals surface area contributed by atoms with Gasteiger partial charge in [-0.15, -0.1) is 0 Å². The third-order valence-corrected chi connectivity index (χ3v) is 5.06. The molecule has 0 radical (unpaired) electrons. The first-order chi connectivity index (χ1) is 9.68. The number of hydrogen-bond donors (Lipinski definition) is 1. The van der Waals surface area contributed by atoms with Crippen LogP contribution in [0.3, 0.4) is 0 Å². The van der Waals surface area contributed by atoms with Crippen molar-refractivity contribution in [3.8, 4) is 0 Å². The molecule has 9 heteroatoms. The molecule has 0 bridgehead atoms. The average molecular weight is 337 g/mol. The van der Waals surface area contributed by atoms with Crippen molar-refractivity contribution in [3.05, 3.63) is 36.9 Å². The summed E-state index contributed by atoms with van der Waals surface area (Å²) in [5.74, 6) is -1.02.